The van der Waals surface area contributed by atoms with Crippen molar-refractivity contribution in [3.63, 3.8) is 0 Å². The molecule has 0 rings (SSSR count). The van der Waals surface area contributed by atoms with Crippen LogP contribution in [0.1, 0.15) is 0 Å². The summed E-state index contributed by atoms with van der Waals surface area (Å²) in [7, 11) is 0. The zero-order valence-corrected chi connectivity index (χ0v) is 13.2. The lowest BCUT2D eigenvalue weighted by Gasteiger charge is -2.31. The van der Waals surface area contributed by atoms with Crippen LogP contribution in [0.4, 0.5) is 0 Å². The van der Waals surface area contributed by atoms with Gasteiger partial charge in [0.15, 0.2) is 0 Å². The molecule has 0 heterocycles. The van der Waals surface area contributed by atoms with Crippen molar-refractivity contribution >= 4 is 55.6 Å². The molecule has 3 amide bonds. The lowest BCUT2D eigenvalue weighted by atomic mass is 10.4. The van der Waals surface area contributed by atoms with Crippen molar-refractivity contribution in [1.29, 1.82) is 0 Å². The van der Waals surface area contributed by atoms with E-state index < -0.39 is 36.8 Å². The van der Waals surface area contributed by atoms with Crippen LogP contribution in [-0.4, -0.2) is 51.9 Å². The lowest BCUT2D eigenvalue weighted by molar-refractivity contribution is -0.165. The van der Waals surface area contributed by atoms with Crippen molar-refractivity contribution in [3.8, 4) is 0 Å². The molecule has 0 spiro atoms. The minimum absolute atomic E-state index is 0.597. The Kier molecular flexibility index (Phi) is 8.48. The largest absolute Gasteiger partial charge is 0.480 e. The fourth-order valence-electron chi connectivity index (χ4n) is 1.12. The molecular weight excluding hydrogens is 402 g/mol. The van der Waals surface area contributed by atoms with Gasteiger partial charge in [0.05, 0.1) is 0 Å². The van der Waals surface area contributed by atoms with Crippen molar-refractivity contribution in [1.82, 2.24) is 10.0 Å². The highest BCUT2D eigenvalue weighted by atomic mass is 79.9. The number of rotatable bonds is 6. The van der Waals surface area contributed by atoms with Crippen molar-refractivity contribution < 1.29 is 24.3 Å². The van der Waals surface area contributed by atoms with Gasteiger partial charge in [-0.3, -0.25) is 19.2 Å². The highest BCUT2D eigenvalue weighted by Crippen LogP contribution is 2.04. The third-order valence-electron chi connectivity index (χ3n) is 1.80. The number of carboxylic acids is 1. The van der Waals surface area contributed by atoms with Crippen molar-refractivity contribution in [2.45, 2.75) is 0 Å². The van der Waals surface area contributed by atoms with E-state index in [0.717, 1.165) is 12.2 Å². The molecule has 0 fully saturated rings. The summed E-state index contributed by atoms with van der Waals surface area (Å²) in [5.74, 6) is -3.83. The van der Waals surface area contributed by atoms with E-state index in [4.69, 9.17) is 10.8 Å². The first kappa shape index (κ1) is 18.3. The van der Waals surface area contributed by atoms with E-state index in [2.05, 4.69) is 31.9 Å². The minimum Gasteiger partial charge on any atom is -0.480 e. The fraction of sp³-hybridized carbons (Fsp3) is 0.200. The molecule has 110 valence electrons. The van der Waals surface area contributed by atoms with Gasteiger partial charge in [-0.25, -0.2) is 10.0 Å². The molecule has 0 aromatic heterocycles. The van der Waals surface area contributed by atoms with Crippen LogP contribution in [0.25, 0.3) is 0 Å². The fourth-order valence-corrected chi connectivity index (χ4v) is 1.57. The molecule has 0 saturated carbocycles. The van der Waals surface area contributed by atoms with Gasteiger partial charge >= 0.3 is 5.97 Å². The highest BCUT2D eigenvalue weighted by molar-refractivity contribution is 9.11. The molecule has 0 bridgehead atoms. The SMILES string of the molecule is NC(=O)CN(C(=O)/C=C/Br)N(CC(=O)O)C(=O)/C=C/Br. The Hall–Kier alpha value is -1.68. The molecule has 0 aromatic carbocycles. The Balaban J connectivity index is 5.47. The standard InChI is InChI=1S/C10H11Br2N3O5/c11-3-1-8(17)14(5-7(13)16)15(6-10(19)20)9(18)2-4-12/h1-4H,5-6H2,(H2,13,16)(H,19,20)/b3-1+,4-2+. The molecule has 0 radical (unpaired) electrons. The number of carbonyl (C=O) groups excluding carboxylic acids is 3. The lowest BCUT2D eigenvalue weighted by Crippen LogP contribution is -2.53. The summed E-state index contributed by atoms with van der Waals surface area (Å²) >= 11 is 5.73. The van der Waals surface area contributed by atoms with E-state index in [1.54, 1.807) is 0 Å². The number of aliphatic carboxylic acids is 1. The smallest absolute Gasteiger partial charge is 0.325 e. The number of primary amides is 1. The van der Waals surface area contributed by atoms with Crippen molar-refractivity contribution in [3.05, 3.63) is 22.1 Å². The number of halogens is 2. The molecule has 0 saturated heterocycles. The summed E-state index contributed by atoms with van der Waals surface area (Å²) in [6.45, 7) is -1.43. The van der Waals surface area contributed by atoms with Crippen LogP contribution in [0.2, 0.25) is 0 Å². The number of carboxylic acid groups (broad SMARTS) is 1. The summed E-state index contributed by atoms with van der Waals surface area (Å²) in [5.41, 5.74) is 4.99. The van der Waals surface area contributed by atoms with E-state index in [1.165, 1.54) is 9.97 Å². The van der Waals surface area contributed by atoms with Crippen LogP contribution in [-0.2, 0) is 19.2 Å². The number of nitrogens with two attached hydrogens (primary N) is 1. The Bertz CT molecular complexity index is 422. The average Bonchev–Trinajstić information content (AvgIpc) is 2.33. The molecule has 8 nitrogen and oxygen atoms in total. The van der Waals surface area contributed by atoms with Gasteiger partial charge in [-0.15, -0.1) is 0 Å². The van der Waals surface area contributed by atoms with Gasteiger partial charge < -0.3 is 10.8 Å². The normalized spacial score (nSPS) is 10.7. The zero-order chi connectivity index (χ0) is 15.7. The van der Waals surface area contributed by atoms with Crippen LogP contribution in [0.15, 0.2) is 22.1 Å². The van der Waals surface area contributed by atoms with Gasteiger partial charge in [0.25, 0.3) is 11.8 Å². The first-order chi connectivity index (χ1) is 9.33. The Morgan fingerprint density at radius 3 is 1.65 bits per heavy atom. The second kappa shape index (κ2) is 9.26. The summed E-state index contributed by atoms with van der Waals surface area (Å²) in [6, 6.07) is 0. The van der Waals surface area contributed by atoms with E-state index in [1.807, 2.05) is 0 Å². The van der Waals surface area contributed by atoms with Gasteiger partial charge in [-0.2, -0.15) is 0 Å². The zero-order valence-electron chi connectivity index (χ0n) is 10.0. The van der Waals surface area contributed by atoms with E-state index >= 15 is 0 Å². The predicted octanol–water partition coefficient (Wildman–Crippen LogP) is -0.0543. The summed E-state index contributed by atoms with van der Waals surface area (Å²) in [6.07, 6.45) is 1.99. The van der Waals surface area contributed by atoms with Gasteiger partial charge in [-0.1, -0.05) is 31.9 Å². The van der Waals surface area contributed by atoms with Gasteiger partial charge in [0.2, 0.25) is 5.91 Å². The number of carbonyl (C=O) groups is 4. The molecule has 0 aromatic rings. The minimum atomic E-state index is -1.36. The highest BCUT2D eigenvalue weighted by Gasteiger charge is 2.26. The maximum Gasteiger partial charge on any atom is 0.325 e. The maximum absolute atomic E-state index is 11.8. The second-order valence-corrected chi connectivity index (χ2v) is 4.29. The molecule has 0 aliphatic heterocycles. The number of hydrazine groups is 1. The second-order valence-electron chi connectivity index (χ2n) is 3.24. The number of hydrogen-bond donors (Lipinski definition) is 2. The summed E-state index contributed by atoms with van der Waals surface area (Å²) in [4.78, 5) is 47.7. The van der Waals surface area contributed by atoms with Crippen LogP contribution in [0, 0.1) is 0 Å². The molecule has 10 heteroatoms. The monoisotopic (exact) mass is 411 g/mol. The number of nitrogens with zero attached hydrogens (tertiary/aromatic N) is 2. The molecular formula is C10H11Br2N3O5. The molecule has 0 aliphatic rings. The van der Waals surface area contributed by atoms with Gasteiger partial charge in [0.1, 0.15) is 13.1 Å². The molecule has 3 N–H and O–H groups in total. The van der Waals surface area contributed by atoms with Crippen molar-refractivity contribution in [2.24, 2.45) is 5.73 Å². The first-order valence-corrected chi connectivity index (χ1v) is 6.83. The van der Waals surface area contributed by atoms with Gasteiger partial charge in [0, 0.05) is 12.2 Å². The van der Waals surface area contributed by atoms with E-state index in [-0.39, 0.29) is 0 Å². The number of hydrogen-bond acceptors (Lipinski definition) is 4. The van der Waals surface area contributed by atoms with Crippen molar-refractivity contribution in [2.75, 3.05) is 13.1 Å². The van der Waals surface area contributed by atoms with Crippen LogP contribution >= 0.6 is 31.9 Å². The first-order valence-electron chi connectivity index (χ1n) is 5.00. The van der Waals surface area contributed by atoms with Crippen LogP contribution in [0.3, 0.4) is 0 Å². The quantitative estimate of drug-likeness (QED) is 0.467. The van der Waals surface area contributed by atoms with Crippen LogP contribution in [0.5, 0.6) is 0 Å². The summed E-state index contributed by atoms with van der Waals surface area (Å²) < 4.78 is 0. The number of amides is 3. The molecule has 0 atom stereocenters. The Morgan fingerprint density at radius 1 is 0.950 bits per heavy atom. The average molecular weight is 413 g/mol. The topological polar surface area (TPSA) is 121 Å². The van der Waals surface area contributed by atoms with Gasteiger partial charge in [-0.05, 0) is 9.97 Å². The third-order valence-corrected chi connectivity index (χ3v) is 2.33. The molecule has 20 heavy (non-hydrogen) atoms. The third kappa shape index (κ3) is 6.48. The predicted molar refractivity (Wildman–Crippen MR) is 76.4 cm³/mol. The van der Waals surface area contributed by atoms with E-state index in [9.17, 15) is 19.2 Å². The molecule has 0 unspecified atom stereocenters. The Labute approximate surface area is 131 Å². The molecule has 0 aliphatic carbocycles. The Morgan fingerprint density at radius 2 is 1.35 bits per heavy atom. The van der Waals surface area contributed by atoms with Crippen LogP contribution < -0.4 is 5.73 Å². The summed E-state index contributed by atoms with van der Waals surface area (Å²) in [5, 5.41) is 10.0. The van der Waals surface area contributed by atoms with E-state index in [0.29, 0.717) is 10.0 Å². The maximum atomic E-state index is 11.8.